The van der Waals surface area contributed by atoms with Gasteiger partial charge in [0, 0.05) is 6.07 Å². The van der Waals surface area contributed by atoms with Gasteiger partial charge in [0.1, 0.15) is 23.0 Å². The van der Waals surface area contributed by atoms with Crippen molar-refractivity contribution < 1.29 is 17.3 Å². The highest BCUT2D eigenvalue weighted by atomic mass is 32.2. The van der Waals surface area contributed by atoms with E-state index in [1.54, 1.807) is 30.3 Å². The van der Waals surface area contributed by atoms with Crippen LogP contribution in [0.1, 0.15) is 11.1 Å². The molecule has 0 saturated carbocycles. The van der Waals surface area contributed by atoms with Gasteiger partial charge in [0.15, 0.2) is 0 Å². The van der Waals surface area contributed by atoms with Gasteiger partial charge in [-0.1, -0.05) is 48.5 Å². The molecule has 0 bridgehead atoms. The highest BCUT2D eigenvalue weighted by Crippen LogP contribution is 2.26. The molecule has 0 aliphatic rings. The lowest BCUT2D eigenvalue weighted by atomic mass is 10.2. The van der Waals surface area contributed by atoms with Crippen molar-refractivity contribution >= 4 is 10.1 Å². The fraction of sp³-hybridized carbons (Fsp3) is 0.100. The molecular formula is C20H18O4S. The van der Waals surface area contributed by atoms with E-state index in [2.05, 4.69) is 0 Å². The highest BCUT2D eigenvalue weighted by molar-refractivity contribution is 7.87. The predicted molar refractivity (Wildman–Crippen MR) is 96.2 cm³/mol. The van der Waals surface area contributed by atoms with Crippen molar-refractivity contribution in [2.75, 3.05) is 0 Å². The van der Waals surface area contributed by atoms with E-state index in [9.17, 15) is 8.42 Å². The normalized spacial score (nSPS) is 11.1. The van der Waals surface area contributed by atoms with Gasteiger partial charge in [-0.3, -0.25) is 0 Å². The van der Waals surface area contributed by atoms with E-state index in [0.29, 0.717) is 12.4 Å². The molecule has 128 valence electrons. The van der Waals surface area contributed by atoms with Crippen LogP contribution < -0.4 is 8.92 Å². The second kappa shape index (κ2) is 7.40. The standard InChI is InChI=1S/C20H18O4S/c1-16-12-18(23-15-17-8-4-2-5-9-17)14-19(13-16)24-25(21,22)20-10-6-3-7-11-20/h2-14H,15H2,1H3. The number of rotatable bonds is 6. The summed E-state index contributed by atoms with van der Waals surface area (Å²) < 4.78 is 35.7. The summed E-state index contributed by atoms with van der Waals surface area (Å²) in [7, 11) is -3.87. The second-order valence-electron chi connectivity index (χ2n) is 5.61. The maximum Gasteiger partial charge on any atom is 0.339 e. The molecule has 0 spiro atoms. The average Bonchev–Trinajstić information content (AvgIpc) is 2.61. The molecule has 0 fully saturated rings. The Morgan fingerprint density at radius 3 is 2.08 bits per heavy atom. The van der Waals surface area contributed by atoms with Crippen molar-refractivity contribution in [3.05, 3.63) is 90.0 Å². The van der Waals surface area contributed by atoms with Gasteiger partial charge in [-0.15, -0.1) is 0 Å². The van der Waals surface area contributed by atoms with Crippen LogP contribution in [0.15, 0.2) is 83.8 Å². The largest absolute Gasteiger partial charge is 0.489 e. The smallest absolute Gasteiger partial charge is 0.339 e. The molecule has 25 heavy (non-hydrogen) atoms. The van der Waals surface area contributed by atoms with E-state index in [0.717, 1.165) is 11.1 Å². The van der Waals surface area contributed by atoms with Crippen LogP contribution in [-0.4, -0.2) is 8.42 Å². The molecule has 0 unspecified atom stereocenters. The fourth-order valence-corrected chi connectivity index (χ4v) is 3.28. The molecular weight excluding hydrogens is 336 g/mol. The Morgan fingerprint density at radius 1 is 0.800 bits per heavy atom. The monoisotopic (exact) mass is 354 g/mol. The summed E-state index contributed by atoms with van der Waals surface area (Å²) in [6.07, 6.45) is 0. The maximum atomic E-state index is 12.3. The van der Waals surface area contributed by atoms with Crippen molar-refractivity contribution in [1.82, 2.24) is 0 Å². The number of hydrogen-bond donors (Lipinski definition) is 0. The van der Waals surface area contributed by atoms with Crippen molar-refractivity contribution in [2.24, 2.45) is 0 Å². The van der Waals surface area contributed by atoms with Crippen molar-refractivity contribution in [1.29, 1.82) is 0 Å². The predicted octanol–water partition coefficient (Wildman–Crippen LogP) is 4.34. The molecule has 0 aromatic heterocycles. The van der Waals surface area contributed by atoms with Crippen molar-refractivity contribution in [3.8, 4) is 11.5 Å². The molecule has 0 aliphatic carbocycles. The number of ether oxygens (including phenoxy) is 1. The minimum absolute atomic E-state index is 0.114. The fourth-order valence-electron chi connectivity index (χ4n) is 2.35. The van der Waals surface area contributed by atoms with Crippen LogP contribution in [0.25, 0.3) is 0 Å². The molecule has 5 heteroatoms. The Morgan fingerprint density at radius 2 is 1.40 bits per heavy atom. The highest BCUT2D eigenvalue weighted by Gasteiger charge is 2.16. The summed E-state index contributed by atoms with van der Waals surface area (Å²) >= 11 is 0. The Labute approximate surface area is 147 Å². The molecule has 0 N–H and O–H groups in total. The lowest BCUT2D eigenvalue weighted by molar-refractivity contribution is 0.305. The Hall–Kier alpha value is -2.79. The zero-order valence-corrected chi connectivity index (χ0v) is 14.6. The number of benzene rings is 3. The first-order valence-electron chi connectivity index (χ1n) is 7.81. The zero-order valence-electron chi connectivity index (χ0n) is 13.8. The van der Waals surface area contributed by atoms with Gasteiger partial charge < -0.3 is 8.92 Å². The molecule has 3 aromatic carbocycles. The second-order valence-corrected chi connectivity index (χ2v) is 7.15. The molecule has 3 rings (SSSR count). The van der Waals surface area contributed by atoms with Gasteiger partial charge in [-0.05, 0) is 42.3 Å². The van der Waals surface area contributed by atoms with Gasteiger partial charge in [0.05, 0.1) is 0 Å². The molecule has 0 radical (unpaired) electrons. The molecule has 0 saturated heterocycles. The van der Waals surface area contributed by atoms with Crippen LogP contribution >= 0.6 is 0 Å². The van der Waals surface area contributed by atoms with Crippen LogP contribution in [0.4, 0.5) is 0 Å². The maximum absolute atomic E-state index is 12.3. The molecule has 3 aromatic rings. The Balaban J connectivity index is 1.77. The van der Waals surface area contributed by atoms with E-state index in [1.165, 1.54) is 12.1 Å². The minimum atomic E-state index is -3.87. The average molecular weight is 354 g/mol. The summed E-state index contributed by atoms with van der Waals surface area (Å²) in [5.74, 6) is 0.786. The van der Waals surface area contributed by atoms with Crippen molar-refractivity contribution in [3.63, 3.8) is 0 Å². The first kappa shape index (κ1) is 17.0. The Kier molecular flexibility index (Phi) is 5.05. The van der Waals surface area contributed by atoms with E-state index in [4.69, 9.17) is 8.92 Å². The van der Waals surface area contributed by atoms with Crippen LogP contribution in [-0.2, 0) is 16.7 Å². The topological polar surface area (TPSA) is 52.6 Å². The third-order valence-electron chi connectivity index (χ3n) is 3.51. The molecule has 4 nitrogen and oxygen atoms in total. The summed E-state index contributed by atoms with van der Waals surface area (Å²) in [4.78, 5) is 0.114. The molecule has 0 atom stereocenters. The lowest BCUT2D eigenvalue weighted by Crippen LogP contribution is -2.09. The molecule has 0 aliphatic heterocycles. The van der Waals surface area contributed by atoms with Gasteiger partial charge >= 0.3 is 10.1 Å². The van der Waals surface area contributed by atoms with Crippen LogP contribution in [0.5, 0.6) is 11.5 Å². The molecule has 0 amide bonds. The van der Waals surface area contributed by atoms with Gasteiger partial charge in [-0.25, -0.2) is 0 Å². The van der Waals surface area contributed by atoms with E-state index < -0.39 is 10.1 Å². The van der Waals surface area contributed by atoms with Crippen LogP contribution in [0.3, 0.4) is 0 Å². The van der Waals surface area contributed by atoms with E-state index >= 15 is 0 Å². The summed E-state index contributed by atoms with van der Waals surface area (Å²) in [6.45, 7) is 2.26. The van der Waals surface area contributed by atoms with Crippen LogP contribution in [0.2, 0.25) is 0 Å². The lowest BCUT2D eigenvalue weighted by Gasteiger charge is -2.11. The third kappa shape index (κ3) is 4.61. The van der Waals surface area contributed by atoms with E-state index in [-0.39, 0.29) is 10.6 Å². The zero-order chi connectivity index (χ0) is 17.7. The minimum Gasteiger partial charge on any atom is -0.489 e. The summed E-state index contributed by atoms with van der Waals surface area (Å²) in [5.41, 5.74) is 1.88. The summed E-state index contributed by atoms with van der Waals surface area (Å²) in [6, 6.07) is 22.9. The van der Waals surface area contributed by atoms with Crippen molar-refractivity contribution in [2.45, 2.75) is 18.4 Å². The number of aryl methyl sites for hydroxylation is 1. The quantitative estimate of drug-likeness (QED) is 0.618. The summed E-state index contributed by atoms with van der Waals surface area (Å²) in [5, 5.41) is 0. The number of hydrogen-bond acceptors (Lipinski definition) is 4. The molecule has 0 heterocycles. The van der Waals surface area contributed by atoms with Gasteiger partial charge in [-0.2, -0.15) is 8.42 Å². The Bertz CT molecular complexity index is 936. The van der Waals surface area contributed by atoms with Gasteiger partial charge in [0.25, 0.3) is 0 Å². The third-order valence-corrected chi connectivity index (χ3v) is 4.77. The van der Waals surface area contributed by atoms with Crippen LogP contribution in [0, 0.1) is 6.92 Å². The SMILES string of the molecule is Cc1cc(OCc2ccccc2)cc(OS(=O)(=O)c2ccccc2)c1. The first-order chi connectivity index (χ1) is 12.0. The van der Waals surface area contributed by atoms with E-state index in [1.807, 2.05) is 43.3 Å². The first-order valence-corrected chi connectivity index (χ1v) is 9.22. The van der Waals surface area contributed by atoms with Gasteiger partial charge in [0.2, 0.25) is 0 Å².